The first-order valence-electron chi connectivity index (χ1n) is 10.2. The average molecular weight is 518 g/mol. The number of benzene rings is 2. The predicted molar refractivity (Wildman–Crippen MR) is 126 cm³/mol. The first-order chi connectivity index (χ1) is 15.9. The molecule has 0 atom stereocenters. The quantitative estimate of drug-likeness (QED) is 0.387. The maximum Gasteiger partial charge on any atom is 0.329 e. The Hall–Kier alpha value is -3.53. The number of nitrogens with one attached hydrogen (secondary N) is 2. The summed E-state index contributed by atoms with van der Waals surface area (Å²) in [6, 6.07) is 9.60. The zero-order chi connectivity index (χ0) is 24.0. The molecule has 0 aromatic heterocycles. The molecule has 0 radical (unpaired) electrons. The molecule has 0 bridgehead atoms. The molecule has 0 unspecified atom stereocenters. The van der Waals surface area contributed by atoms with E-state index < -0.39 is 24.4 Å². The van der Waals surface area contributed by atoms with E-state index in [1.807, 2.05) is 13.8 Å². The fourth-order valence-electron chi connectivity index (χ4n) is 3.16. The third-order valence-corrected chi connectivity index (χ3v) is 5.23. The van der Waals surface area contributed by atoms with Crippen molar-refractivity contribution in [1.82, 2.24) is 10.2 Å². The fraction of sp³-hybridized carbons (Fsp3) is 0.261. The highest BCUT2D eigenvalue weighted by atomic mass is 79.9. The van der Waals surface area contributed by atoms with Crippen LogP contribution in [0, 0.1) is 0 Å². The lowest BCUT2D eigenvalue weighted by Crippen LogP contribution is -2.38. The molecule has 1 fully saturated rings. The van der Waals surface area contributed by atoms with Crippen LogP contribution in [0.25, 0.3) is 6.08 Å². The Morgan fingerprint density at radius 2 is 1.79 bits per heavy atom. The van der Waals surface area contributed by atoms with E-state index in [0.29, 0.717) is 46.2 Å². The van der Waals surface area contributed by atoms with Gasteiger partial charge in [0.15, 0.2) is 0 Å². The lowest BCUT2D eigenvalue weighted by molar-refractivity contribution is -0.127. The molecule has 0 spiro atoms. The van der Waals surface area contributed by atoms with Crippen molar-refractivity contribution < 1.29 is 28.6 Å². The molecule has 1 saturated heterocycles. The number of para-hydroxylation sites is 2. The number of carbonyl (C=O) groups excluding carboxylic acids is 3. The highest BCUT2D eigenvalue weighted by Gasteiger charge is 2.35. The summed E-state index contributed by atoms with van der Waals surface area (Å²) in [6.45, 7) is 4.13. The molecule has 3 rings (SSSR count). The van der Waals surface area contributed by atoms with Gasteiger partial charge in [0.25, 0.3) is 5.91 Å². The van der Waals surface area contributed by atoms with Gasteiger partial charge in [-0.2, -0.15) is 0 Å². The van der Waals surface area contributed by atoms with Gasteiger partial charge in [-0.25, -0.2) is 9.69 Å². The molecule has 174 valence electrons. The van der Waals surface area contributed by atoms with Crippen molar-refractivity contribution >= 4 is 45.5 Å². The van der Waals surface area contributed by atoms with E-state index in [2.05, 4.69) is 26.6 Å². The Balaban J connectivity index is 1.79. The van der Waals surface area contributed by atoms with E-state index in [1.54, 1.807) is 36.4 Å². The van der Waals surface area contributed by atoms with Crippen LogP contribution < -0.4 is 24.8 Å². The van der Waals surface area contributed by atoms with E-state index in [9.17, 15) is 14.4 Å². The molecule has 10 heteroatoms. The summed E-state index contributed by atoms with van der Waals surface area (Å²) < 4.78 is 17.1. The molecule has 1 aliphatic heterocycles. The smallest absolute Gasteiger partial charge is 0.329 e. The summed E-state index contributed by atoms with van der Waals surface area (Å²) >= 11 is 3.44. The molecule has 2 aromatic carbocycles. The van der Waals surface area contributed by atoms with Crippen LogP contribution in [0.4, 0.5) is 10.5 Å². The number of amides is 4. The van der Waals surface area contributed by atoms with Crippen LogP contribution in [-0.4, -0.2) is 49.6 Å². The van der Waals surface area contributed by atoms with Gasteiger partial charge >= 0.3 is 6.03 Å². The number of methoxy groups -OCH3 is 1. The third kappa shape index (κ3) is 5.64. The molecule has 0 saturated carbocycles. The highest BCUT2D eigenvalue weighted by Crippen LogP contribution is 2.35. The number of carbonyl (C=O) groups is 3. The molecule has 0 aliphatic carbocycles. The SMILES string of the molecule is CCOc1cc(OCC)c(/C=C2/NC(=O)N(CC(=O)Nc3ccccc3OC)C2=O)cc1Br. The Bertz CT molecular complexity index is 1100. The molecule has 9 nitrogen and oxygen atoms in total. The first kappa shape index (κ1) is 24.1. The minimum absolute atomic E-state index is 0.0297. The van der Waals surface area contributed by atoms with Crippen LogP contribution in [0.15, 0.2) is 46.6 Å². The normalized spacial score (nSPS) is 14.3. The van der Waals surface area contributed by atoms with Gasteiger partial charge in [0.2, 0.25) is 5.91 Å². The molecule has 4 amide bonds. The summed E-state index contributed by atoms with van der Waals surface area (Å²) in [5, 5.41) is 5.16. The number of rotatable bonds is 9. The lowest BCUT2D eigenvalue weighted by atomic mass is 10.1. The molecular formula is C23H24BrN3O6. The number of hydrogen-bond acceptors (Lipinski definition) is 6. The van der Waals surface area contributed by atoms with E-state index in [-0.39, 0.29) is 5.70 Å². The fourth-order valence-corrected chi connectivity index (χ4v) is 3.64. The van der Waals surface area contributed by atoms with Gasteiger partial charge in [-0.05, 0) is 54.1 Å². The predicted octanol–water partition coefficient (Wildman–Crippen LogP) is 3.79. The molecule has 33 heavy (non-hydrogen) atoms. The largest absolute Gasteiger partial charge is 0.495 e. The van der Waals surface area contributed by atoms with E-state index in [0.717, 1.165) is 4.90 Å². The Morgan fingerprint density at radius 3 is 2.48 bits per heavy atom. The Kier molecular flexibility index (Phi) is 7.94. The first-order valence-corrected chi connectivity index (χ1v) is 11.0. The Morgan fingerprint density at radius 1 is 1.09 bits per heavy atom. The van der Waals surface area contributed by atoms with Gasteiger partial charge in [-0.3, -0.25) is 9.59 Å². The topological polar surface area (TPSA) is 106 Å². The summed E-state index contributed by atoms with van der Waals surface area (Å²) in [4.78, 5) is 38.6. The summed E-state index contributed by atoms with van der Waals surface area (Å²) in [5.74, 6) is 0.393. The van der Waals surface area contributed by atoms with Crippen molar-refractivity contribution in [2.24, 2.45) is 0 Å². The Labute approximate surface area is 199 Å². The van der Waals surface area contributed by atoms with Crippen molar-refractivity contribution in [3.8, 4) is 17.2 Å². The van der Waals surface area contributed by atoms with Crippen LogP contribution in [0.2, 0.25) is 0 Å². The molecule has 2 aromatic rings. The van der Waals surface area contributed by atoms with E-state index in [1.165, 1.54) is 13.2 Å². The average Bonchev–Trinajstić information content (AvgIpc) is 3.04. The minimum atomic E-state index is -0.690. The van der Waals surface area contributed by atoms with Crippen molar-refractivity contribution in [2.75, 3.05) is 32.2 Å². The van der Waals surface area contributed by atoms with Crippen LogP contribution in [0.1, 0.15) is 19.4 Å². The van der Waals surface area contributed by atoms with Crippen LogP contribution in [0.3, 0.4) is 0 Å². The van der Waals surface area contributed by atoms with Crippen molar-refractivity contribution in [3.05, 3.63) is 52.1 Å². The number of imide groups is 1. The van der Waals surface area contributed by atoms with Gasteiger partial charge in [0, 0.05) is 11.6 Å². The van der Waals surface area contributed by atoms with Crippen molar-refractivity contribution in [2.45, 2.75) is 13.8 Å². The number of ether oxygens (including phenoxy) is 3. The minimum Gasteiger partial charge on any atom is -0.495 e. The second kappa shape index (κ2) is 10.9. The lowest BCUT2D eigenvalue weighted by Gasteiger charge is -2.14. The second-order valence-electron chi connectivity index (χ2n) is 6.81. The summed E-state index contributed by atoms with van der Waals surface area (Å²) in [6.07, 6.45) is 1.50. The van der Waals surface area contributed by atoms with Crippen LogP contribution >= 0.6 is 15.9 Å². The number of urea groups is 1. The van der Waals surface area contributed by atoms with Crippen molar-refractivity contribution in [1.29, 1.82) is 0 Å². The van der Waals surface area contributed by atoms with Crippen molar-refractivity contribution in [3.63, 3.8) is 0 Å². The highest BCUT2D eigenvalue weighted by molar-refractivity contribution is 9.10. The third-order valence-electron chi connectivity index (χ3n) is 4.61. The second-order valence-corrected chi connectivity index (χ2v) is 7.67. The number of hydrogen-bond donors (Lipinski definition) is 2. The zero-order valence-electron chi connectivity index (χ0n) is 18.4. The van der Waals surface area contributed by atoms with Gasteiger partial charge in [-0.1, -0.05) is 12.1 Å². The maximum absolute atomic E-state index is 12.8. The monoisotopic (exact) mass is 517 g/mol. The summed E-state index contributed by atoms with van der Waals surface area (Å²) in [7, 11) is 1.48. The van der Waals surface area contributed by atoms with E-state index >= 15 is 0 Å². The molecular weight excluding hydrogens is 494 g/mol. The van der Waals surface area contributed by atoms with Gasteiger partial charge < -0.3 is 24.8 Å². The standard InChI is InChI=1S/C23H24BrN3O6/c1-4-32-19-12-20(33-5-2)15(24)10-14(19)11-17-22(29)27(23(30)26-17)13-21(28)25-16-8-6-7-9-18(16)31-3/h6-12H,4-5,13H2,1-3H3,(H,25,28)(H,26,30)/b17-11+. The maximum atomic E-state index is 12.8. The zero-order valence-corrected chi connectivity index (χ0v) is 20.0. The van der Waals surface area contributed by atoms with Gasteiger partial charge in [0.1, 0.15) is 29.5 Å². The number of nitrogens with zero attached hydrogens (tertiary/aromatic N) is 1. The van der Waals surface area contributed by atoms with E-state index in [4.69, 9.17) is 14.2 Å². The van der Waals surface area contributed by atoms with Crippen LogP contribution in [-0.2, 0) is 9.59 Å². The summed E-state index contributed by atoms with van der Waals surface area (Å²) in [5.41, 5.74) is 1.03. The molecule has 2 N–H and O–H groups in total. The number of anilines is 1. The molecule has 1 heterocycles. The van der Waals surface area contributed by atoms with Gasteiger partial charge in [-0.15, -0.1) is 0 Å². The number of halogens is 1. The van der Waals surface area contributed by atoms with Crippen LogP contribution in [0.5, 0.6) is 17.2 Å². The molecule has 1 aliphatic rings. The van der Waals surface area contributed by atoms with Gasteiger partial charge in [0.05, 0.1) is 30.5 Å².